The molecule has 1 aromatic heterocycles. The van der Waals surface area contributed by atoms with Gasteiger partial charge in [0.1, 0.15) is 11.9 Å². The number of hydrogen-bond acceptors (Lipinski definition) is 3. The van der Waals surface area contributed by atoms with Crippen LogP contribution in [0.5, 0.6) is 0 Å². The summed E-state index contributed by atoms with van der Waals surface area (Å²) in [6.07, 6.45) is -4.09. The molecule has 0 saturated heterocycles. The molecular formula is C7H5F3N2O2. The Bertz CT molecular complexity index is 376. The smallest absolute Gasteiger partial charge is 0.434 e. The first-order valence-electron chi connectivity index (χ1n) is 3.46. The number of aryl methyl sites for hydroxylation is 1. The van der Waals surface area contributed by atoms with Gasteiger partial charge in [0, 0.05) is 0 Å². The molecule has 1 aromatic rings. The van der Waals surface area contributed by atoms with E-state index in [1.807, 2.05) is 0 Å². The second-order valence-corrected chi connectivity index (χ2v) is 2.49. The van der Waals surface area contributed by atoms with Crippen molar-refractivity contribution < 1.29 is 23.1 Å². The molecule has 0 aliphatic heterocycles. The van der Waals surface area contributed by atoms with Gasteiger partial charge in [-0.3, -0.25) is 0 Å². The van der Waals surface area contributed by atoms with Crippen molar-refractivity contribution in [2.75, 3.05) is 0 Å². The maximum Gasteiger partial charge on any atom is 0.434 e. The van der Waals surface area contributed by atoms with Crippen LogP contribution in [0.3, 0.4) is 0 Å². The second-order valence-electron chi connectivity index (χ2n) is 2.49. The van der Waals surface area contributed by atoms with Gasteiger partial charge in [-0.15, -0.1) is 0 Å². The largest absolute Gasteiger partial charge is 0.478 e. The highest BCUT2D eigenvalue weighted by atomic mass is 19.4. The fourth-order valence-electron chi connectivity index (χ4n) is 0.945. The van der Waals surface area contributed by atoms with Crippen LogP contribution >= 0.6 is 0 Å². The van der Waals surface area contributed by atoms with E-state index in [-0.39, 0.29) is 5.69 Å². The number of nitrogens with zero attached hydrogens (tertiary/aromatic N) is 2. The van der Waals surface area contributed by atoms with Crippen LogP contribution in [0, 0.1) is 6.92 Å². The Morgan fingerprint density at radius 1 is 1.43 bits per heavy atom. The number of aromatic nitrogens is 2. The zero-order valence-electron chi connectivity index (χ0n) is 6.96. The van der Waals surface area contributed by atoms with Gasteiger partial charge in [0.05, 0.1) is 5.69 Å². The fraction of sp³-hybridized carbons (Fsp3) is 0.286. The fourth-order valence-corrected chi connectivity index (χ4v) is 0.945. The molecule has 0 bridgehead atoms. The van der Waals surface area contributed by atoms with E-state index >= 15 is 0 Å². The third-order valence-electron chi connectivity index (χ3n) is 1.52. The summed E-state index contributed by atoms with van der Waals surface area (Å²) >= 11 is 0. The number of aromatic carboxylic acids is 1. The highest BCUT2D eigenvalue weighted by Crippen LogP contribution is 2.30. The average molecular weight is 206 g/mol. The summed E-state index contributed by atoms with van der Waals surface area (Å²) in [5, 5.41) is 8.53. The molecule has 0 spiro atoms. The van der Waals surface area contributed by atoms with Crippen LogP contribution in [0.15, 0.2) is 6.33 Å². The minimum atomic E-state index is -4.78. The van der Waals surface area contributed by atoms with Gasteiger partial charge in [-0.1, -0.05) is 0 Å². The molecule has 0 aliphatic carbocycles. The average Bonchev–Trinajstić information content (AvgIpc) is 2.01. The van der Waals surface area contributed by atoms with Crippen LogP contribution in [-0.2, 0) is 6.18 Å². The van der Waals surface area contributed by atoms with Crippen molar-refractivity contribution in [1.82, 2.24) is 9.97 Å². The highest BCUT2D eigenvalue weighted by molar-refractivity contribution is 5.90. The normalized spacial score (nSPS) is 11.4. The quantitative estimate of drug-likeness (QED) is 0.756. The minimum Gasteiger partial charge on any atom is -0.478 e. The van der Waals surface area contributed by atoms with E-state index in [1.165, 1.54) is 6.92 Å². The lowest BCUT2D eigenvalue weighted by atomic mass is 10.1. The Kier molecular flexibility index (Phi) is 2.41. The molecule has 1 N–H and O–H groups in total. The Hall–Kier alpha value is -1.66. The van der Waals surface area contributed by atoms with E-state index in [2.05, 4.69) is 9.97 Å². The SMILES string of the molecule is Cc1ncnc(C(F)(F)F)c1C(=O)O. The summed E-state index contributed by atoms with van der Waals surface area (Å²) in [6.45, 7) is 1.18. The monoisotopic (exact) mass is 206 g/mol. The molecule has 76 valence electrons. The van der Waals surface area contributed by atoms with Gasteiger partial charge >= 0.3 is 12.1 Å². The molecule has 1 rings (SSSR count). The van der Waals surface area contributed by atoms with Gasteiger partial charge < -0.3 is 5.11 Å². The summed E-state index contributed by atoms with van der Waals surface area (Å²) in [4.78, 5) is 16.8. The Balaban J connectivity index is 3.44. The molecule has 0 amide bonds. The van der Waals surface area contributed by atoms with Crippen LogP contribution in [0.2, 0.25) is 0 Å². The van der Waals surface area contributed by atoms with Crippen molar-refractivity contribution >= 4 is 5.97 Å². The first-order valence-corrected chi connectivity index (χ1v) is 3.46. The summed E-state index contributed by atoms with van der Waals surface area (Å²) in [5.74, 6) is -1.68. The zero-order valence-corrected chi connectivity index (χ0v) is 6.96. The molecule has 0 unspecified atom stereocenters. The molecule has 0 aliphatic rings. The number of carboxylic acids is 1. The van der Waals surface area contributed by atoms with E-state index in [0.717, 1.165) is 0 Å². The molecule has 0 aromatic carbocycles. The van der Waals surface area contributed by atoms with Gasteiger partial charge in [0.2, 0.25) is 0 Å². The van der Waals surface area contributed by atoms with Crippen molar-refractivity contribution in [3.8, 4) is 0 Å². The predicted octanol–water partition coefficient (Wildman–Crippen LogP) is 1.50. The topological polar surface area (TPSA) is 63.1 Å². The van der Waals surface area contributed by atoms with E-state index in [0.29, 0.717) is 6.33 Å². The lowest BCUT2D eigenvalue weighted by molar-refractivity contribution is -0.141. The van der Waals surface area contributed by atoms with E-state index in [9.17, 15) is 18.0 Å². The number of rotatable bonds is 1. The van der Waals surface area contributed by atoms with Gasteiger partial charge in [0.25, 0.3) is 0 Å². The summed E-state index contributed by atoms with van der Waals surface area (Å²) < 4.78 is 36.7. The zero-order chi connectivity index (χ0) is 10.9. The molecule has 0 radical (unpaired) electrons. The number of carboxylic acid groups (broad SMARTS) is 1. The van der Waals surface area contributed by atoms with Crippen LogP contribution < -0.4 is 0 Å². The number of hydrogen-bond donors (Lipinski definition) is 1. The van der Waals surface area contributed by atoms with E-state index in [1.54, 1.807) is 0 Å². The predicted molar refractivity (Wildman–Crippen MR) is 38.7 cm³/mol. The van der Waals surface area contributed by atoms with Crippen molar-refractivity contribution in [1.29, 1.82) is 0 Å². The molecule has 7 heteroatoms. The molecular weight excluding hydrogens is 201 g/mol. The molecule has 0 fully saturated rings. The van der Waals surface area contributed by atoms with Crippen molar-refractivity contribution in [3.05, 3.63) is 23.3 Å². The van der Waals surface area contributed by atoms with Crippen LogP contribution in [0.1, 0.15) is 21.7 Å². The number of alkyl halides is 3. The highest BCUT2D eigenvalue weighted by Gasteiger charge is 2.38. The molecule has 0 atom stereocenters. The second kappa shape index (κ2) is 3.24. The standard InChI is InChI=1S/C7H5F3N2O2/c1-3-4(6(13)14)5(7(8,9)10)12-2-11-3/h2H,1H3,(H,13,14). The maximum atomic E-state index is 12.2. The van der Waals surface area contributed by atoms with Gasteiger partial charge in [0.15, 0.2) is 5.69 Å². The first-order chi connectivity index (χ1) is 6.34. The molecule has 14 heavy (non-hydrogen) atoms. The van der Waals surface area contributed by atoms with Crippen molar-refractivity contribution in [2.45, 2.75) is 13.1 Å². The van der Waals surface area contributed by atoms with Gasteiger partial charge in [-0.25, -0.2) is 14.8 Å². The third kappa shape index (κ3) is 1.81. The first kappa shape index (κ1) is 10.4. The Morgan fingerprint density at radius 2 is 2.00 bits per heavy atom. The van der Waals surface area contributed by atoms with E-state index < -0.39 is 23.4 Å². The summed E-state index contributed by atoms with van der Waals surface area (Å²) in [5.41, 5.74) is -2.53. The van der Waals surface area contributed by atoms with Crippen LogP contribution in [0.4, 0.5) is 13.2 Å². The lowest BCUT2D eigenvalue weighted by Crippen LogP contribution is -2.17. The lowest BCUT2D eigenvalue weighted by Gasteiger charge is -2.09. The van der Waals surface area contributed by atoms with Crippen LogP contribution in [0.25, 0.3) is 0 Å². The van der Waals surface area contributed by atoms with E-state index in [4.69, 9.17) is 5.11 Å². The summed E-state index contributed by atoms with van der Waals surface area (Å²) in [7, 11) is 0. The Labute approximate surface area is 76.4 Å². The molecule has 0 saturated carbocycles. The van der Waals surface area contributed by atoms with Crippen LogP contribution in [-0.4, -0.2) is 21.0 Å². The maximum absolute atomic E-state index is 12.2. The third-order valence-corrected chi connectivity index (χ3v) is 1.52. The minimum absolute atomic E-state index is 0.208. The Morgan fingerprint density at radius 3 is 2.36 bits per heavy atom. The van der Waals surface area contributed by atoms with Crippen molar-refractivity contribution in [3.63, 3.8) is 0 Å². The van der Waals surface area contributed by atoms with Gasteiger partial charge in [-0.05, 0) is 6.92 Å². The molecule has 1 heterocycles. The number of halogens is 3. The molecule has 4 nitrogen and oxygen atoms in total. The summed E-state index contributed by atoms with van der Waals surface area (Å²) in [6, 6.07) is 0. The van der Waals surface area contributed by atoms with Crippen molar-refractivity contribution in [2.24, 2.45) is 0 Å². The van der Waals surface area contributed by atoms with Gasteiger partial charge in [-0.2, -0.15) is 13.2 Å². The number of carbonyl (C=O) groups is 1.